The van der Waals surface area contributed by atoms with E-state index in [0.29, 0.717) is 24.6 Å². The van der Waals surface area contributed by atoms with Gasteiger partial charge in [0.1, 0.15) is 0 Å². The van der Waals surface area contributed by atoms with Crippen LogP contribution in [0.5, 0.6) is 0 Å². The van der Waals surface area contributed by atoms with Crippen molar-refractivity contribution in [3.8, 4) is 0 Å². The second-order valence-corrected chi connectivity index (χ2v) is 3.96. The third kappa shape index (κ3) is 1.82. The van der Waals surface area contributed by atoms with Crippen molar-refractivity contribution in [2.45, 2.75) is 38.7 Å². The molecule has 0 aliphatic carbocycles. The lowest BCUT2D eigenvalue weighted by molar-refractivity contribution is 0.0655. The lowest BCUT2D eigenvalue weighted by Crippen LogP contribution is -2.09. The van der Waals surface area contributed by atoms with E-state index in [4.69, 9.17) is 14.3 Å². The SMILES string of the molecule is CCc1nc([C@@H]2CCO[C@H]2C)oc1C(=O)O. The van der Waals surface area contributed by atoms with Gasteiger partial charge in [-0.2, -0.15) is 0 Å². The topological polar surface area (TPSA) is 72.6 Å². The van der Waals surface area contributed by atoms with Crippen LogP contribution in [-0.2, 0) is 11.2 Å². The minimum atomic E-state index is -1.05. The number of aromatic nitrogens is 1. The van der Waals surface area contributed by atoms with Gasteiger partial charge in [0.05, 0.1) is 17.7 Å². The molecule has 0 saturated carbocycles. The van der Waals surface area contributed by atoms with Crippen LogP contribution >= 0.6 is 0 Å². The maximum atomic E-state index is 10.9. The predicted molar refractivity (Wildman–Crippen MR) is 55.6 cm³/mol. The summed E-state index contributed by atoms with van der Waals surface area (Å²) in [6.07, 6.45) is 1.45. The number of oxazole rings is 1. The highest BCUT2D eigenvalue weighted by molar-refractivity contribution is 5.85. The molecule has 88 valence electrons. The van der Waals surface area contributed by atoms with Crippen molar-refractivity contribution >= 4 is 5.97 Å². The van der Waals surface area contributed by atoms with Gasteiger partial charge in [-0.05, 0) is 19.8 Å². The second kappa shape index (κ2) is 4.25. The molecule has 0 aromatic carbocycles. The molecule has 16 heavy (non-hydrogen) atoms. The van der Waals surface area contributed by atoms with Crippen LogP contribution in [0, 0.1) is 0 Å². The molecule has 5 heteroatoms. The van der Waals surface area contributed by atoms with Gasteiger partial charge >= 0.3 is 5.97 Å². The van der Waals surface area contributed by atoms with Gasteiger partial charge in [-0.1, -0.05) is 6.92 Å². The van der Waals surface area contributed by atoms with Crippen LogP contribution in [-0.4, -0.2) is 28.8 Å². The first-order valence-electron chi connectivity index (χ1n) is 5.48. The number of carboxylic acid groups (broad SMARTS) is 1. The van der Waals surface area contributed by atoms with E-state index in [-0.39, 0.29) is 17.8 Å². The van der Waals surface area contributed by atoms with Crippen LogP contribution < -0.4 is 0 Å². The van der Waals surface area contributed by atoms with Crippen LogP contribution in [0.25, 0.3) is 0 Å². The largest absolute Gasteiger partial charge is 0.475 e. The van der Waals surface area contributed by atoms with Crippen molar-refractivity contribution < 1.29 is 19.1 Å². The van der Waals surface area contributed by atoms with Crippen molar-refractivity contribution in [1.82, 2.24) is 4.98 Å². The zero-order chi connectivity index (χ0) is 11.7. The van der Waals surface area contributed by atoms with Crippen LogP contribution in [0.15, 0.2) is 4.42 Å². The molecule has 0 radical (unpaired) electrons. The number of carboxylic acids is 1. The molecule has 0 bridgehead atoms. The molecule has 0 spiro atoms. The molecular formula is C11H15NO4. The summed E-state index contributed by atoms with van der Waals surface area (Å²) in [6, 6.07) is 0. The number of rotatable bonds is 3. The maximum absolute atomic E-state index is 10.9. The smallest absolute Gasteiger partial charge is 0.373 e. The van der Waals surface area contributed by atoms with Gasteiger partial charge in [-0.3, -0.25) is 0 Å². The van der Waals surface area contributed by atoms with E-state index in [1.165, 1.54) is 0 Å². The number of carbonyl (C=O) groups is 1. The minimum Gasteiger partial charge on any atom is -0.475 e. The Bertz CT molecular complexity index is 399. The highest BCUT2D eigenvalue weighted by Crippen LogP contribution is 2.31. The van der Waals surface area contributed by atoms with Crippen LogP contribution in [0.1, 0.15) is 48.3 Å². The van der Waals surface area contributed by atoms with Gasteiger partial charge in [-0.25, -0.2) is 9.78 Å². The first-order valence-corrected chi connectivity index (χ1v) is 5.48. The number of aromatic carboxylic acids is 1. The Balaban J connectivity index is 2.32. The molecule has 5 nitrogen and oxygen atoms in total. The summed E-state index contributed by atoms with van der Waals surface area (Å²) in [5.41, 5.74) is 0.515. The Kier molecular flexibility index (Phi) is 2.96. The van der Waals surface area contributed by atoms with E-state index < -0.39 is 5.97 Å². The molecule has 1 fully saturated rings. The predicted octanol–water partition coefficient (Wildman–Crippen LogP) is 1.83. The minimum absolute atomic E-state index is 0.0309. The highest BCUT2D eigenvalue weighted by atomic mass is 16.5. The summed E-state index contributed by atoms with van der Waals surface area (Å²) in [5.74, 6) is -0.503. The van der Waals surface area contributed by atoms with Crippen molar-refractivity contribution in [3.63, 3.8) is 0 Å². The van der Waals surface area contributed by atoms with Crippen LogP contribution in [0.2, 0.25) is 0 Å². The summed E-state index contributed by atoms with van der Waals surface area (Å²) in [7, 11) is 0. The van der Waals surface area contributed by atoms with E-state index in [9.17, 15) is 4.79 Å². The Morgan fingerprint density at radius 1 is 1.62 bits per heavy atom. The van der Waals surface area contributed by atoms with E-state index in [0.717, 1.165) is 6.42 Å². The average molecular weight is 225 g/mol. The molecule has 1 aromatic rings. The Hall–Kier alpha value is -1.36. The first-order chi connectivity index (χ1) is 7.63. The van der Waals surface area contributed by atoms with Gasteiger partial charge in [-0.15, -0.1) is 0 Å². The molecule has 1 saturated heterocycles. The number of nitrogens with zero attached hydrogens (tertiary/aromatic N) is 1. The van der Waals surface area contributed by atoms with Gasteiger partial charge < -0.3 is 14.3 Å². The maximum Gasteiger partial charge on any atom is 0.373 e. The molecule has 2 rings (SSSR count). The molecule has 2 heterocycles. The summed E-state index contributed by atoms with van der Waals surface area (Å²) >= 11 is 0. The molecule has 0 amide bonds. The molecule has 1 aliphatic rings. The van der Waals surface area contributed by atoms with Crippen LogP contribution in [0.3, 0.4) is 0 Å². The molecular weight excluding hydrogens is 210 g/mol. The lowest BCUT2D eigenvalue weighted by atomic mass is 10.0. The quantitative estimate of drug-likeness (QED) is 0.849. The van der Waals surface area contributed by atoms with Crippen molar-refractivity contribution in [3.05, 3.63) is 17.3 Å². The number of hydrogen-bond acceptors (Lipinski definition) is 4. The Labute approximate surface area is 93.4 Å². The Morgan fingerprint density at radius 2 is 2.38 bits per heavy atom. The van der Waals surface area contributed by atoms with Crippen molar-refractivity contribution in [2.75, 3.05) is 6.61 Å². The van der Waals surface area contributed by atoms with Crippen LogP contribution in [0.4, 0.5) is 0 Å². The third-order valence-electron chi connectivity index (χ3n) is 2.94. The van der Waals surface area contributed by atoms with Gasteiger partial charge in [0.15, 0.2) is 0 Å². The summed E-state index contributed by atoms with van der Waals surface area (Å²) in [5, 5.41) is 8.95. The number of aryl methyl sites for hydroxylation is 1. The second-order valence-electron chi connectivity index (χ2n) is 3.96. The number of hydrogen-bond donors (Lipinski definition) is 1. The fourth-order valence-corrected chi connectivity index (χ4v) is 1.99. The molecule has 0 unspecified atom stereocenters. The van der Waals surface area contributed by atoms with Gasteiger partial charge in [0.25, 0.3) is 0 Å². The summed E-state index contributed by atoms with van der Waals surface area (Å²) in [4.78, 5) is 15.2. The van der Waals surface area contributed by atoms with Gasteiger partial charge in [0, 0.05) is 6.61 Å². The van der Waals surface area contributed by atoms with Crippen molar-refractivity contribution in [1.29, 1.82) is 0 Å². The lowest BCUT2D eigenvalue weighted by Gasteiger charge is -2.08. The highest BCUT2D eigenvalue weighted by Gasteiger charge is 2.32. The molecule has 1 aromatic heterocycles. The molecule has 1 aliphatic heterocycles. The normalized spacial score (nSPS) is 24.9. The zero-order valence-corrected chi connectivity index (χ0v) is 9.40. The van der Waals surface area contributed by atoms with E-state index >= 15 is 0 Å². The molecule has 2 atom stereocenters. The number of ether oxygens (including phenoxy) is 1. The fraction of sp³-hybridized carbons (Fsp3) is 0.636. The fourth-order valence-electron chi connectivity index (χ4n) is 1.99. The average Bonchev–Trinajstić information content (AvgIpc) is 2.82. The molecule has 1 N–H and O–H groups in total. The van der Waals surface area contributed by atoms with E-state index in [1.54, 1.807) is 0 Å². The van der Waals surface area contributed by atoms with Crippen molar-refractivity contribution in [2.24, 2.45) is 0 Å². The van der Waals surface area contributed by atoms with Gasteiger partial charge in [0.2, 0.25) is 11.7 Å². The Morgan fingerprint density at radius 3 is 2.81 bits per heavy atom. The van der Waals surface area contributed by atoms with E-state index in [2.05, 4.69) is 4.98 Å². The standard InChI is InChI=1S/C11H15NO4/c1-3-8-9(11(13)14)16-10(12-8)7-4-5-15-6(7)2/h6-7H,3-5H2,1-2H3,(H,13,14)/t6-,7+/m0/s1. The third-order valence-corrected chi connectivity index (χ3v) is 2.94. The monoisotopic (exact) mass is 225 g/mol. The van der Waals surface area contributed by atoms with E-state index in [1.807, 2.05) is 13.8 Å². The first kappa shape index (κ1) is 11.1. The zero-order valence-electron chi connectivity index (χ0n) is 9.40. The summed E-state index contributed by atoms with van der Waals surface area (Å²) in [6.45, 7) is 4.49. The summed E-state index contributed by atoms with van der Waals surface area (Å²) < 4.78 is 10.7.